The highest BCUT2D eigenvalue weighted by Crippen LogP contribution is 2.21. The van der Waals surface area contributed by atoms with Crippen molar-refractivity contribution in [3.63, 3.8) is 0 Å². The SMILES string of the molecule is CCCCCCCCCCCCCCCC(=O)NC(CCC(=O)O)C(=O)C[C@@H](CCCN=C(N)N)C(=O)N[C@H](C(=O)C[C@@H](CCC(=O)O)C(=O)NCC(C)=O)[C@@H](C)CC. The topological polar surface area (TPSA) is 278 Å². The van der Waals surface area contributed by atoms with Gasteiger partial charge in [0.1, 0.15) is 5.78 Å². The van der Waals surface area contributed by atoms with Crippen LogP contribution in [-0.4, -0.2) is 88.4 Å². The fourth-order valence-corrected chi connectivity index (χ4v) is 6.80. The van der Waals surface area contributed by atoms with Gasteiger partial charge in [-0.1, -0.05) is 104 Å². The number of nitrogens with two attached hydrogens (primary N) is 2. The largest absolute Gasteiger partial charge is 0.481 e. The highest BCUT2D eigenvalue weighted by atomic mass is 16.4. The average Bonchev–Trinajstić information content (AvgIpc) is 3.18. The van der Waals surface area contributed by atoms with E-state index in [1.54, 1.807) is 6.92 Å². The smallest absolute Gasteiger partial charge is 0.303 e. The Morgan fingerprint density at radius 3 is 1.63 bits per heavy atom. The highest BCUT2D eigenvalue weighted by molar-refractivity contribution is 5.96. The number of carboxylic acid groups (broad SMARTS) is 2. The number of carbonyl (C=O) groups excluding carboxylic acids is 6. The van der Waals surface area contributed by atoms with Crippen LogP contribution in [0.2, 0.25) is 0 Å². The highest BCUT2D eigenvalue weighted by Gasteiger charge is 2.34. The number of aliphatic imine (C=N–C) groups is 1. The number of Topliss-reactive ketones (excluding diaryl/α,β-unsaturated/α-hetero) is 3. The van der Waals surface area contributed by atoms with E-state index < -0.39 is 78.0 Å². The van der Waals surface area contributed by atoms with Crippen molar-refractivity contribution < 1.29 is 48.6 Å². The fraction of sp³-hybridized carbons (Fsp3) is 0.791. The minimum Gasteiger partial charge on any atom is -0.481 e. The lowest BCUT2D eigenvalue weighted by molar-refractivity contribution is -0.139. The van der Waals surface area contributed by atoms with E-state index in [0.29, 0.717) is 12.8 Å². The molecule has 0 saturated heterocycles. The Kier molecular flexibility index (Phi) is 31.0. The first kappa shape index (κ1) is 54.6. The van der Waals surface area contributed by atoms with E-state index in [4.69, 9.17) is 11.5 Å². The molecule has 0 aromatic heterocycles. The molecular weight excluding hydrogens is 761 g/mol. The quantitative estimate of drug-likeness (QED) is 0.0242. The fourth-order valence-electron chi connectivity index (χ4n) is 6.80. The van der Waals surface area contributed by atoms with E-state index in [9.17, 15) is 48.6 Å². The summed E-state index contributed by atoms with van der Waals surface area (Å²) in [7, 11) is 0. The summed E-state index contributed by atoms with van der Waals surface area (Å²) in [4.78, 5) is 106. The van der Waals surface area contributed by atoms with E-state index in [-0.39, 0.29) is 75.7 Å². The molecule has 338 valence electrons. The van der Waals surface area contributed by atoms with Gasteiger partial charge in [-0.2, -0.15) is 0 Å². The van der Waals surface area contributed by atoms with Crippen molar-refractivity contribution in [1.29, 1.82) is 0 Å². The number of hydrogen-bond acceptors (Lipinski definition) is 9. The number of carbonyl (C=O) groups is 8. The Morgan fingerprint density at radius 2 is 1.12 bits per heavy atom. The first-order valence-electron chi connectivity index (χ1n) is 21.9. The van der Waals surface area contributed by atoms with Gasteiger partial charge in [0.05, 0.1) is 18.6 Å². The Hall–Kier alpha value is -4.37. The Balaban J connectivity index is 5.74. The van der Waals surface area contributed by atoms with Crippen molar-refractivity contribution in [3.8, 4) is 0 Å². The van der Waals surface area contributed by atoms with Crippen LogP contribution in [0.3, 0.4) is 0 Å². The molecule has 0 aliphatic rings. The van der Waals surface area contributed by atoms with Crippen molar-refractivity contribution in [2.24, 2.45) is 34.2 Å². The molecule has 3 amide bonds. The Morgan fingerprint density at radius 1 is 0.610 bits per heavy atom. The molecule has 0 aliphatic carbocycles. The number of nitrogens with one attached hydrogen (secondary N) is 3. The first-order chi connectivity index (χ1) is 28.0. The molecule has 0 aromatic rings. The molecule has 0 spiro atoms. The summed E-state index contributed by atoms with van der Waals surface area (Å²) in [6, 6.07) is -2.25. The van der Waals surface area contributed by atoms with Crippen LogP contribution in [0.4, 0.5) is 0 Å². The minimum atomic E-state index is -1.17. The third-order valence-electron chi connectivity index (χ3n) is 10.6. The molecule has 0 aliphatic heterocycles. The van der Waals surface area contributed by atoms with Crippen LogP contribution in [0.5, 0.6) is 0 Å². The van der Waals surface area contributed by atoms with E-state index in [0.717, 1.165) is 25.7 Å². The third-order valence-corrected chi connectivity index (χ3v) is 10.6. The van der Waals surface area contributed by atoms with Crippen LogP contribution >= 0.6 is 0 Å². The lowest BCUT2D eigenvalue weighted by atomic mass is 9.86. The number of carboxylic acids is 2. The number of amides is 3. The molecule has 16 nitrogen and oxygen atoms in total. The summed E-state index contributed by atoms with van der Waals surface area (Å²) in [6.45, 7) is 6.89. The van der Waals surface area contributed by atoms with Crippen LogP contribution in [0, 0.1) is 17.8 Å². The zero-order valence-electron chi connectivity index (χ0n) is 36.3. The summed E-state index contributed by atoms with van der Waals surface area (Å²) in [6.07, 6.45) is 14.1. The van der Waals surface area contributed by atoms with E-state index >= 15 is 0 Å². The van der Waals surface area contributed by atoms with E-state index in [1.165, 1.54) is 58.3 Å². The predicted molar refractivity (Wildman–Crippen MR) is 227 cm³/mol. The second kappa shape index (κ2) is 33.5. The Bertz CT molecular complexity index is 1340. The molecular formula is C43H76N6O10. The van der Waals surface area contributed by atoms with Gasteiger partial charge in [0.15, 0.2) is 17.5 Å². The van der Waals surface area contributed by atoms with Crippen molar-refractivity contribution in [2.45, 2.75) is 187 Å². The number of nitrogens with zero attached hydrogens (tertiary/aromatic N) is 1. The van der Waals surface area contributed by atoms with Gasteiger partial charge in [0.2, 0.25) is 17.7 Å². The molecule has 0 heterocycles. The summed E-state index contributed by atoms with van der Waals surface area (Å²) in [5.74, 6) is -8.03. The minimum absolute atomic E-state index is 0.114. The standard InChI is InChI=1S/C43H76N6O10/c1-5-7-8-9-10-11-12-13-14-15-16-17-18-21-37(53)48-34(23-25-39(56)57)35(51)27-32(20-19-26-46-43(44)45)42(59)49-40(30(3)6-2)36(52)28-33(22-24-38(54)55)41(58)47-29-31(4)50/h30,32-34,40H,5-29H2,1-4H3,(H,47,58)(H,48,53)(H,49,59)(H,54,55)(H,56,57)(H4,44,45,46)/t30-,32+,33+,34?,40-/m0/s1. The van der Waals surface area contributed by atoms with Gasteiger partial charge in [-0.15, -0.1) is 0 Å². The van der Waals surface area contributed by atoms with Crippen molar-refractivity contribution in [1.82, 2.24) is 16.0 Å². The number of ketones is 3. The molecule has 0 fully saturated rings. The van der Waals surface area contributed by atoms with Crippen LogP contribution in [0.1, 0.15) is 175 Å². The number of guanidine groups is 1. The number of hydrogen-bond donors (Lipinski definition) is 7. The molecule has 5 atom stereocenters. The third kappa shape index (κ3) is 28.7. The maximum atomic E-state index is 13.9. The first-order valence-corrected chi connectivity index (χ1v) is 21.9. The molecule has 0 radical (unpaired) electrons. The molecule has 0 bridgehead atoms. The number of rotatable bonds is 38. The molecule has 59 heavy (non-hydrogen) atoms. The molecule has 0 rings (SSSR count). The van der Waals surface area contributed by atoms with Gasteiger partial charge in [-0.25, -0.2) is 0 Å². The summed E-state index contributed by atoms with van der Waals surface area (Å²) >= 11 is 0. The van der Waals surface area contributed by atoms with Crippen LogP contribution in [-0.2, 0) is 38.4 Å². The zero-order chi connectivity index (χ0) is 44.6. The van der Waals surface area contributed by atoms with Crippen LogP contribution < -0.4 is 27.4 Å². The normalized spacial score (nSPS) is 13.6. The van der Waals surface area contributed by atoms with Gasteiger partial charge >= 0.3 is 11.9 Å². The molecule has 0 aromatic carbocycles. The maximum Gasteiger partial charge on any atom is 0.303 e. The van der Waals surface area contributed by atoms with Gasteiger partial charge in [-0.3, -0.25) is 43.3 Å². The second-order valence-electron chi connectivity index (χ2n) is 16.0. The summed E-state index contributed by atoms with van der Waals surface area (Å²) in [5.41, 5.74) is 10.9. The van der Waals surface area contributed by atoms with Crippen molar-refractivity contribution in [2.75, 3.05) is 13.1 Å². The summed E-state index contributed by atoms with van der Waals surface area (Å²) in [5, 5.41) is 26.5. The van der Waals surface area contributed by atoms with Crippen LogP contribution in [0.15, 0.2) is 4.99 Å². The molecule has 16 heteroatoms. The lowest BCUT2D eigenvalue weighted by Gasteiger charge is -2.28. The van der Waals surface area contributed by atoms with Gasteiger partial charge in [0.25, 0.3) is 0 Å². The lowest BCUT2D eigenvalue weighted by Crippen LogP contribution is -2.49. The second-order valence-corrected chi connectivity index (χ2v) is 16.0. The van der Waals surface area contributed by atoms with Gasteiger partial charge < -0.3 is 37.6 Å². The monoisotopic (exact) mass is 837 g/mol. The average molecular weight is 837 g/mol. The van der Waals surface area contributed by atoms with Crippen molar-refractivity contribution >= 4 is 53.0 Å². The predicted octanol–water partition coefficient (Wildman–Crippen LogP) is 5.12. The van der Waals surface area contributed by atoms with E-state index in [1.807, 2.05) is 6.92 Å². The van der Waals surface area contributed by atoms with Crippen molar-refractivity contribution in [3.05, 3.63) is 0 Å². The number of unbranched alkanes of at least 4 members (excludes halogenated alkanes) is 12. The number of aliphatic carboxylic acids is 2. The molecule has 9 N–H and O–H groups in total. The Labute approximate surface area is 351 Å². The van der Waals surface area contributed by atoms with Crippen LogP contribution in [0.25, 0.3) is 0 Å². The molecule has 1 unspecified atom stereocenters. The van der Waals surface area contributed by atoms with Gasteiger partial charge in [0, 0.05) is 50.5 Å². The van der Waals surface area contributed by atoms with Gasteiger partial charge in [-0.05, 0) is 44.9 Å². The summed E-state index contributed by atoms with van der Waals surface area (Å²) < 4.78 is 0. The zero-order valence-corrected chi connectivity index (χ0v) is 36.3. The van der Waals surface area contributed by atoms with E-state index in [2.05, 4.69) is 27.9 Å². The maximum absolute atomic E-state index is 13.9. The molecule has 0 saturated carbocycles.